The molecule has 0 aromatic heterocycles. The first-order valence-electron chi connectivity index (χ1n) is 13.0. The number of alkyl halides is 1. The van der Waals surface area contributed by atoms with Crippen molar-refractivity contribution in [3.63, 3.8) is 0 Å². The van der Waals surface area contributed by atoms with E-state index in [0.717, 1.165) is 5.56 Å². The number of halogens is 1. The zero-order valence-corrected chi connectivity index (χ0v) is 22.7. The third kappa shape index (κ3) is 4.69. The Morgan fingerprint density at radius 3 is 2.58 bits per heavy atom. The molecule has 3 aliphatic heterocycles. The molecule has 38 heavy (non-hydrogen) atoms. The molecule has 5 rings (SSSR count). The van der Waals surface area contributed by atoms with Crippen LogP contribution in [0.4, 0.5) is 5.69 Å². The van der Waals surface area contributed by atoms with Crippen LogP contribution in [-0.2, 0) is 25.7 Å². The predicted molar refractivity (Wildman–Crippen MR) is 144 cm³/mol. The molecule has 3 fully saturated rings. The average molecular weight is 586 g/mol. The lowest BCUT2D eigenvalue weighted by molar-refractivity contribution is -0.141. The molecule has 202 valence electrons. The van der Waals surface area contributed by atoms with Gasteiger partial charge >= 0.3 is 0 Å². The van der Waals surface area contributed by atoms with E-state index >= 15 is 0 Å². The summed E-state index contributed by atoms with van der Waals surface area (Å²) in [6, 6.07) is 15.7. The van der Waals surface area contributed by atoms with Crippen molar-refractivity contribution in [2.24, 2.45) is 11.8 Å². The second kappa shape index (κ2) is 11.0. The number of likely N-dealkylation sites (tertiary alicyclic amines) is 1. The highest BCUT2D eigenvalue weighted by Gasteiger charge is 2.76. The summed E-state index contributed by atoms with van der Waals surface area (Å²) in [5, 5.41) is 15.4. The van der Waals surface area contributed by atoms with Gasteiger partial charge in [0.25, 0.3) is 0 Å². The van der Waals surface area contributed by atoms with Gasteiger partial charge in [0.2, 0.25) is 17.7 Å². The Labute approximate surface area is 230 Å². The number of carbonyl (C=O) groups is 3. The average Bonchev–Trinajstić information content (AvgIpc) is 3.51. The maximum absolute atomic E-state index is 13.8. The highest BCUT2D eigenvalue weighted by Crippen LogP contribution is 2.60. The van der Waals surface area contributed by atoms with E-state index in [-0.39, 0.29) is 35.7 Å². The van der Waals surface area contributed by atoms with Crippen molar-refractivity contribution in [3.8, 4) is 5.75 Å². The van der Waals surface area contributed by atoms with Crippen LogP contribution in [0.25, 0.3) is 0 Å². The van der Waals surface area contributed by atoms with Gasteiger partial charge in [-0.05, 0) is 49.6 Å². The standard InChI is InChI=1S/C28H32BrN3O6/c1-2-37-19-11-9-18(10-12-19)31-25(34)21-22-27(36)32(13-6-14-33)24(28(22)15-20(29)23(21)38-28)26(35)30-16-17-7-4-3-5-8-17/h3-5,7-12,20-24,33H,2,6,13-16H2,1H3,(H,30,35)(H,31,34)/t20?,21-,22+,23-,24?,28?/m1/s1. The summed E-state index contributed by atoms with van der Waals surface area (Å²) < 4.78 is 11.9. The van der Waals surface area contributed by atoms with Gasteiger partial charge in [-0.3, -0.25) is 14.4 Å². The molecule has 2 aromatic rings. The Hall–Kier alpha value is -2.95. The number of fused-ring (bicyclic) bond motifs is 1. The first kappa shape index (κ1) is 26.6. The Morgan fingerprint density at radius 2 is 1.89 bits per heavy atom. The predicted octanol–water partition coefficient (Wildman–Crippen LogP) is 2.47. The molecule has 9 nitrogen and oxygen atoms in total. The number of hydrogen-bond acceptors (Lipinski definition) is 6. The monoisotopic (exact) mass is 585 g/mol. The van der Waals surface area contributed by atoms with Crippen molar-refractivity contribution < 1.29 is 29.0 Å². The first-order valence-corrected chi connectivity index (χ1v) is 13.9. The largest absolute Gasteiger partial charge is 0.494 e. The number of aliphatic hydroxyl groups is 1. The number of amides is 3. The normalized spacial score (nSPS) is 29.3. The van der Waals surface area contributed by atoms with Crippen LogP contribution in [0.5, 0.6) is 5.75 Å². The topological polar surface area (TPSA) is 117 Å². The Balaban J connectivity index is 1.40. The van der Waals surface area contributed by atoms with E-state index in [0.29, 0.717) is 37.4 Å². The smallest absolute Gasteiger partial charge is 0.246 e. The molecule has 3 aliphatic rings. The van der Waals surface area contributed by atoms with Crippen molar-refractivity contribution in [1.29, 1.82) is 0 Å². The number of rotatable bonds is 10. The van der Waals surface area contributed by atoms with Gasteiger partial charge in [0, 0.05) is 30.2 Å². The molecule has 0 saturated carbocycles. The molecule has 3 saturated heterocycles. The van der Waals surface area contributed by atoms with Gasteiger partial charge in [0.05, 0.1) is 24.5 Å². The van der Waals surface area contributed by atoms with Gasteiger partial charge < -0.3 is 30.1 Å². The summed E-state index contributed by atoms with van der Waals surface area (Å²) >= 11 is 3.67. The number of nitrogens with one attached hydrogen (secondary N) is 2. The molecule has 3 amide bonds. The number of carbonyl (C=O) groups excluding carboxylic acids is 3. The lowest BCUT2D eigenvalue weighted by Crippen LogP contribution is -2.55. The van der Waals surface area contributed by atoms with Crippen LogP contribution < -0.4 is 15.4 Å². The fourth-order valence-corrected chi connectivity index (χ4v) is 7.06. The molecule has 6 atom stereocenters. The minimum atomic E-state index is -1.13. The zero-order valence-electron chi connectivity index (χ0n) is 21.1. The molecule has 3 heterocycles. The van der Waals surface area contributed by atoms with Gasteiger partial charge in [0.15, 0.2) is 0 Å². The molecular formula is C28H32BrN3O6. The SMILES string of the molecule is CCOc1ccc(NC(=O)[C@H]2[C@@H]3OC4(CC3Br)C(C(=O)NCc3ccccc3)N(CCCO)C(=O)[C@H]24)cc1. The molecular weight excluding hydrogens is 554 g/mol. The quantitative estimate of drug-likeness (QED) is 0.369. The van der Waals surface area contributed by atoms with Gasteiger partial charge in [-0.2, -0.15) is 0 Å². The van der Waals surface area contributed by atoms with E-state index in [9.17, 15) is 19.5 Å². The molecule has 1 spiro atoms. The van der Waals surface area contributed by atoms with E-state index < -0.39 is 29.6 Å². The summed E-state index contributed by atoms with van der Waals surface area (Å²) in [5.41, 5.74) is 0.386. The number of hydrogen-bond donors (Lipinski definition) is 3. The highest BCUT2D eigenvalue weighted by molar-refractivity contribution is 9.09. The van der Waals surface area contributed by atoms with E-state index in [1.54, 1.807) is 24.3 Å². The van der Waals surface area contributed by atoms with Crippen LogP contribution in [0.2, 0.25) is 0 Å². The van der Waals surface area contributed by atoms with Crippen molar-refractivity contribution >= 4 is 39.3 Å². The summed E-state index contributed by atoms with van der Waals surface area (Å²) in [4.78, 5) is 42.4. The van der Waals surface area contributed by atoms with Crippen LogP contribution in [0.1, 0.15) is 25.3 Å². The van der Waals surface area contributed by atoms with Crippen LogP contribution in [-0.4, -0.2) is 70.1 Å². The third-order valence-electron chi connectivity index (χ3n) is 7.64. The van der Waals surface area contributed by atoms with Crippen molar-refractivity contribution in [2.45, 2.75) is 48.9 Å². The molecule has 2 bridgehead atoms. The number of benzene rings is 2. The van der Waals surface area contributed by atoms with Gasteiger partial charge in [-0.25, -0.2) is 0 Å². The van der Waals surface area contributed by atoms with Gasteiger partial charge in [-0.15, -0.1) is 0 Å². The molecule has 3 N–H and O–H groups in total. The zero-order chi connectivity index (χ0) is 26.9. The minimum Gasteiger partial charge on any atom is -0.494 e. The Bertz CT molecular complexity index is 1180. The minimum absolute atomic E-state index is 0.119. The van der Waals surface area contributed by atoms with Crippen molar-refractivity contribution in [2.75, 3.05) is 25.1 Å². The number of anilines is 1. The Kier molecular flexibility index (Phi) is 7.74. The van der Waals surface area contributed by atoms with Gasteiger partial charge in [0.1, 0.15) is 17.4 Å². The van der Waals surface area contributed by atoms with Crippen LogP contribution >= 0.6 is 15.9 Å². The Morgan fingerprint density at radius 1 is 1.16 bits per heavy atom. The number of ether oxygens (including phenoxy) is 2. The summed E-state index contributed by atoms with van der Waals surface area (Å²) in [7, 11) is 0. The summed E-state index contributed by atoms with van der Waals surface area (Å²) in [5.74, 6) is -1.80. The lowest BCUT2D eigenvalue weighted by atomic mass is 9.70. The summed E-state index contributed by atoms with van der Waals surface area (Å²) in [6.45, 7) is 2.83. The maximum atomic E-state index is 13.8. The van der Waals surface area contributed by atoms with Crippen LogP contribution in [0.15, 0.2) is 54.6 Å². The fraction of sp³-hybridized carbons (Fsp3) is 0.464. The molecule has 0 radical (unpaired) electrons. The molecule has 0 aliphatic carbocycles. The second-order valence-electron chi connectivity index (χ2n) is 9.92. The number of aliphatic hydroxyl groups excluding tert-OH is 1. The fourth-order valence-electron chi connectivity index (χ4n) is 6.12. The van der Waals surface area contributed by atoms with Gasteiger partial charge in [-0.1, -0.05) is 46.3 Å². The highest BCUT2D eigenvalue weighted by atomic mass is 79.9. The first-order chi connectivity index (χ1) is 18.4. The van der Waals surface area contributed by atoms with E-state index in [4.69, 9.17) is 9.47 Å². The van der Waals surface area contributed by atoms with E-state index in [1.807, 2.05) is 37.3 Å². The summed E-state index contributed by atoms with van der Waals surface area (Å²) in [6.07, 6.45) is 0.206. The molecule has 2 aromatic carbocycles. The third-order valence-corrected chi connectivity index (χ3v) is 8.48. The maximum Gasteiger partial charge on any atom is 0.246 e. The van der Waals surface area contributed by atoms with Crippen LogP contribution in [0.3, 0.4) is 0 Å². The van der Waals surface area contributed by atoms with Crippen molar-refractivity contribution in [1.82, 2.24) is 10.2 Å². The molecule has 10 heteroatoms. The lowest BCUT2D eigenvalue weighted by Gasteiger charge is -2.34. The van der Waals surface area contributed by atoms with Crippen molar-refractivity contribution in [3.05, 3.63) is 60.2 Å². The molecule has 3 unspecified atom stereocenters. The van der Waals surface area contributed by atoms with E-state index in [1.165, 1.54) is 4.90 Å². The van der Waals surface area contributed by atoms with Crippen LogP contribution in [0, 0.1) is 11.8 Å². The second-order valence-corrected chi connectivity index (χ2v) is 11.1. The van der Waals surface area contributed by atoms with E-state index in [2.05, 4.69) is 26.6 Å². The number of nitrogens with zero attached hydrogens (tertiary/aromatic N) is 1.